The van der Waals surface area contributed by atoms with Gasteiger partial charge in [-0.3, -0.25) is 0 Å². The van der Waals surface area contributed by atoms with Gasteiger partial charge in [0.15, 0.2) is 0 Å². The van der Waals surface area contributed by atoms with Gasteiger partial charge in [0.25, 0.3) is 0 Å². The highest BCUT2D eigenvalue weighted by atomic mass is 15.3. The predicted molar refractivity (Wildman–Crippen MR) is 127 cm³/mol. The van der Waals surface area contributed by atoms with E-state index < -0.39 is 0 Å². The molecule has 0 bridgehead atoms. The van der Waals surface area contributed by atoms with Crippen LogP contribution >= 0.6 is 0 Å². The van der Waals surface area contributed by atoms with Crippen LogP contribution < -0.4 is 9.80 Å². The summed E-state index contributed by atoms with van der Waals surface area (Å²) in [7, 11) is 2.18. The molecule has 4 aromatic rings. The molecule has 0 unspecified atom stereocenters. The quantitative estimate of drug-likeness (QED) is 0.332. The molecule has 0 amide bonds. The van der Waals surface area contributed by atoms with Crippen LogP contribution in [0.3, 0.4) is 0 Å². The van der Waals surface area contributed by atoms with Gasteiger partial charge < -0.3 is 9.80 Å². The SMILES string of the molecule is CN1c2ccccc2N(c2ccccc2)c2c1ccc1c2-c2ccccc2C1(C)C. The second-order valence-corrected chi connectivity index (χ2v) is 8.75. The van der Waals surface area contributed by atoms with E-state index in [9.17, 15) is 0 Å². The largest absolute Gasteiger partial charge is 0.341 e. The minimum absolute atomic E-state index is 0.0150. The Labute approximate surface area is 178 Å². The summed E-state index contributed by atoms with van der Waals surface area (Å²) < 4.78 is 0. The maximum Gasteiger partial charge on any atom is 0.0781 e. The van der Waals surface area contributed by atoms with E-state index in [-0.39, 0.29) is 5.41 Å². The lowest BCUT2D eigenvalue weighted by molar-refractivity contribution is 0.660. The average molecular weight is 389 g/mol. The zero-order chi connectivity index (χ0) is 20.5. The van der Waals surface area contributed by atoms with E-state index in [1.807, 2.05) is 0 Å². The molecule has 0 N–H and O–H groups in total. The fourth-order valence-electron chi connectivity index (χ4n) is 5.29. The van der Waals surface area contributed by atoms with Crippen molar-refractivity contribution in [1.82, 2.24) is 0 Å². The summed E-state index contributed by atoms with van der Waals surface area (Å²) in [5.41, 5.74) is 11.6. The maximum absolute atomic E-state index is 2.45. The Morgan fingerprint density at radius 2 is 1.27 bits per heavy atom. The van der Waals surface area contributed by atoms with Crippen molar-refractivity contribution < 1.29 is 0 Å². The van der Waals surface area contributed by atoms with E-state index in [0.717, 1.165) is 0 Å². The van der Waals surface area contributed by atoms with Crippen molar-refractivity contribution in [2.24, 2.45) is 0 Å². The molecule has 1 heterocycles. The second-order valence-electron chi connectivity index (χ2n) is 8.75. The Hall–Kier alpha value is -3.52. The lowest BCUT2D eigenvalue weighted by Gasteiger charge is -2.40. The molecule has 2 aliphatic rings. The average Bonchev–Trinajstić information content (AvgIpc) is 3.02. The summed E-state index contributed by atoms with van der Waals surface area (Å²) in [6, 6.07) is 33.0. The molecule has 30 heavy (non-hydrogen) atoms. The number of rotatable bonds is 1. The van der Waals surface area contributed by atoms with E-state index in [0.29, 0.717) is 0 Å². The van der Waals surface area contributed by atoms with Crippen molar-refractivity contribution in [3.8, 4) is 11.1 Å². The smallest absolute Gasteiger partial charge is 0.0781 e. The highest BCUT2D eigenvalue weighted by molar-refractivity contribution is 6.06. The lowest BCUT2D eigenvalue weighted by Crippen LogP contribution is -2.25. The Morgan fingerprint density at radius 1 is 0.600 bits per heavy atom. The molecular weight excluding hydrogens is 364 g/mol. The van der Waals surface area contributed by atoms with Gasteiger partial charge in [-0.15, -0.1) is 0 Å². The molecule has 0 aromatic heterocycles. The molecule has 6 rings (SSSR count). The van der Waals surface area contributed by atoms with Crippen LogP contribution in [0.15, 0.2) is 91.0 Å². The van der Waals surface area contributed by atoms with Gasteiger partial charge in [-0.2, -0.15) is 0 Å². The first-order valence-electron chi connectivity index (χ1n) is 10.5. The van der Waals surface area contributed by atoms with Crippen molar-refractivity contribution in [3.05, 3.63) is 102 Å². The molecule has 4 aromatic carbocycles. The fourth-order valence-corrected chi connectivity index (χ4v) is 5.29. The van der Waals surface area contributed by atoms with Crippen LogP contribution in [0.1, 0.15) is 25.0 Å². The summed E-state index contributed by atoms with van der Waals surface area (Å²) in [5, 5.41) is 0. The summed E-state index contributed by atoms with van der Waals surface area (Å²) in [6.07, 6.45) is 0. The van der Waals surface area contributed by atoms with E-state index in [1.54, 1.807) is 0 Å². The summed E-state index contributed by atoms with van der Waals surface area (Å²) in [5.74, 6) is 0. The van der Waals surface area contributed by atoms with Crippen molar-refractivity contribution in [1.29, 1.82) is 0 Å². The second kappa shape index (κ2) is 5.99. The molecule has 2 heteroatoms. The molecule has 0 saturated carbocycles. The minimum Gasteiger partial charge on any atom is -0.341 e. The van der Waals surface area contributed by atoms with E-state index >= 15 is 0 Å². The van der Waals surface area contributed by atoms with Crippen LogP contribution in [0.5, 0.6) is 0 Å². The number of nitrogens with zero attached hydrogens (tertiary/aromatic N) is 2. The minimum atomic E-state index is -0.0150. The molecule has 1 aliphatic carbocycles. The first-order chi connectivity index (χ1) is 14.6. The normalized spacial score (nSPS) is 15.3. The number of hydrogen-bond donors (Lipinski definition) is 0. The van der Waals surface area contributed by atoms with Crippen molar-refractivity contribution >= 4 is 28.4 Å². The van der Waals surface area contributed by atoms with E-state index in [1.165, 1.54) is 50.7 Å². The van der Waals surface area contributed by atoms with Crippen molar-refractivity contribution in [3.63, 3.8) is 0 Å². The highest BCUT2D eigenvalue weighted by Gasteiger charge is 2.40. The molecule has 0 fully saturated rings. The van der Waals surface area contributed by atoms with Gasteiger partial charge in [0, 0.05) is 23.7 Å². The summed E-state index contributed by atoms with van der Waals surface area (Å²) in [4.78, 5) is 4.78. The molecule has 0 radical (unpaired) electrons. The number of benzene rings is 4. The Bertz CT molecular complexity index is 1290. The zero-order valence-corrected chi connectivity index (χ0v) is 17.6. The van der Waals surface area contributed by atoms with E-state index in [2.05, 4.69) is 122 Å². The Morgan fingerprint density at radius 3 is 2.07 bits per heavy atom. The van der Waals surface area contributed by atoms with Crippen LogP contribution in [0.25, 0.3) is 11.1 Å². The van der Waals surface area contributed by atoms with Gasteiger partial charge >= 0.3 is 0 Å². The molecule has 0 spiro atoms. The van der Waals surface area contributed by atoms with Crippen LogP contribution in [-0.4, -0.2) is 7.05 Å². The first kappa shape index (κ1) is 17.3. The molecule has 2 nitrogen and oxygen atoms in total. The van der Waals surface area contributed by atoms with Crippen LogP contribution in [0, 0.1) is 0 Å². The van der Waals surface area contributed by atoms with Crippen LogP contribution in [-0.2, 0) is 5.41 Å². The summed E-state index contributed by atoms with van der Waals surface area (Å²) >= 11 is 0. The van der Waals surface area contributed by atoms with Gasteiger partial charge in [-0.1, -0.05) is 74.5 Å². The standard InChI is InChI=1S/C28H24N2/c1-28(2)21-14-8-7-13-20(21)26-22(28)17-18-25-27(26)30(19-11-5-4-6-12-19)24-16-10-9-15-23(24)29(25)3/h4-18H,1-3H3. The monoisotopic (exact) mass is 388 g/mol. The lowest BCUT2D eigenvalue weighted by atomic mass is 9.82. The zero-order valence-electron chi connectivity index (χ0n) is 17.6. The van der Waals surface area contributed by atoms with Gasteiger partial charge in [-0.05, 0) is 47.0 Å². The molecule has 1 aliphatic heterocycles. The highest BCUT2D eigenvalue weighted by Crippen LogP contribution is 2.60. The van der Waals surface area contributed by atoms with Gasteiger partial charge in [0.1, 0.15) is 0 Å². The van der Waals surface area contributed by atoms with Gasteiger partial charge in [-0.25, -0.2) is 0 Å². The molecule has 146 valence electrons. The third-order valence-corrected chi connectivity index (χ3v) is 6.78. The molecular formula is C28H24N2. The number of hydrogen-bond acceptors (Lipinski definition) is 2. The summed E-state index contributed by atoms with van der Waals surface area (Å²) in [6.45, 7) is 4.69. The molecule has 0 saturated heterocycles. The van der Waals surface area contributed by atoms with Crippen molar-refractivity contribution in [2.75, 3.05) is 16.8 Å². The Kier molecular flexibility index (Phi) is 3.47. The topological polar surface area (TPSA) is 6.48 Å². The number of fused-ring (bicyclic) bond motifs is 6. The molecule has 0 atom stereocenters. The van der Waals surface area contributed by atoms with Crippen LogP contribution in [0.2, 0.25) is 0 Å². The third kappa shape index (κ3) is 2.14. The Balaban J connectivity index is 1.75. The predicted octanol–water partition coefficient (Wildman–Crippen LogP) is 7.54. The number of para-hydroxylation sites is 3. The van der Waals surface area contributed by atoms with E-state index in [4.69, 9.17) is 0 Å². The van der Waals surface area contributed by atoms with Crippen molar-refractivity contribution in [2.45, 2.75) is 19.3 Å². The number of anilines is 5. The maximum atomic E-state index is 2.45. The van der Waals surface area contributed by atoms with Gasteiger partial charge in [0.05, 0.1) is 22.7 Å². The van der Waals surface area contributed by atoms with Gasteiger partial charge in [0.2, 0.25) is 0 Å². The van der Waals surface area contributed by atoms with Crippen LogP contribution in [0.4, 0.5) is 28.4 Å². The third-order valence-electron chi connectivity index (χ3n) is 6.78. The first-order valence-corrected chi connectivity index (χ1v) is 10.5. The fraction of sp³-hybridized carbons (Fsp3) is 0.143.